The Kier molecular flexibility index (Phi) is 8.31. The molecule has 0 bridgehead atoms. The van der Waals surface area contributed by atoms with Crippen LogP contribution in [0.2, 0.25) is 0 Å². The minimum Gasteiger partial charge on any atom is -0.495 e. The van der Waals surface area contributed by atoms with Crippen molar-refractivity contribution >= 4 is 46.7 Å². The average Bonchev–Trinajstić information content (AvgIpc) is 3.45. The predicted molar refractivity (Wildman–Crippen MR) is 173 cm³/mol. The summed E-state index contributed by atoms with van der Waals surface area (Å²) in [5, 5.41) is 13.6. The quantitative estimate of drug-likeness (QED) is 0.303. The number of likely N-dealkylation sites (tertiary alicyclic amines) is 1. The molecule has 0 unspecified atom stereocenters. The number of rotatable bonds is 7. The van der Waals surface area contributed by atoms with E-state index in [-0.39, 0.29) is 34.2 Å². The number of ether oxygens (including phenoxy) is 1. The number of carbonyl (C=O) groups excluding carboxylic acids is 3. The molecule has 3 aliphatic heterocycles. The zero-order valence-corrected chi connectivity index (χ0v) is 27.8. The van der Waals surface area contributed by atoms with Gasteiger partial charge in [-0.3, -0.25) is 23.9 Å². The van der Waals surface area contributed by atoms with Crippen LogP contribution in [-0.4, -0.2) is 79.6 Å². The SMILES string of the molecule is COc1cncc([C@@H]2CN(C(=O)[C@@H]3CC[C@@H]4CCC[C@H](NC(=O)c5cc6cc([C@H](F)P(=O)(O)O)ccc6s5)C(=O)N43)C3(CC3)[C@H]2C#N)c1. The second kappa shape index (κ2) is 12.2. The van der Waals surface area contributed by atoms with Gasteiger partial charge in [0.05, 0.1) is 35.7 Å². The number of nitriles is 1. The van der Waals surface area contributed by atoms with Crippen LogP contribution in [0.4, 0.5) is 4.39 Å². The second-order valence-electron chi connectivity index (χ2n) is 13.2. The Hall–Kier alpha value is -3.89. The monoisotopic (exact) mass is 695 g/mol. The van der Waals surface area contributed by atoms with Crippen molar-refractivity contribution in [3.63, 3.8) is 0 Å². The molecule has 3 saturated heterocycles. The lowest BCUT2D eigenvalue weighted by Crippen LogP contribution is -2.56. The van der Waals surface area contributed by atoms with Crippen molar-refractivity contribution in [2.24, 2.45) is 5.92 Å². The Balaban J connectivity index is 1.09. The molecule has 1 aromatic carbocycles. The molecule has 252 valence electrons. The number of alkyl halides is 1. The van der Waals surface area contributed by atoms with Gasteiger partial charge in [0.2, 0.25) is 17.7 Å². The highest BCUT2D eigenvalue weighted by Gasteiger charge is 2.64. The van der Waals surface area contributed by atoms with E-state index in [0.717, 1.165) is 29.7 Å². The number of amides is 3. The molecule has 1 saturated carbocycles. The van der Waals surface area contributed by atoms with Gasteiger partial charge >= 0.3 is 7.60 Å². The van der Waals surface area contributed by atoms with Gasteiger partial charge in [-0.15, -0.1) is 11.3 Å². The fourth-order valence-electron chi connectivity index (χ4n) is 7.97. The van der Waals surface area contributed by atoms with Gasteiger partial charge in [-0.2, -0.15) is 5.26 Å². The molecule has 1 aliphatic carbocycles. The number of carbonyl (C=O) groups is 3. The van der Waals surface area contributed by atoms with Gasteiger partial charge in [-0.25, -0.2) is 4.39 Å². The first-order chi connectivity index (χ1) is 22.9. The van der Waals surface area contributed by atoms with Crippen LogP contribution in [0.25, 0.3) is 10.1 Å². The number of hydrogen-bond donors (Lipinski definition) is 3. The van der Waals surface area contributed by atoms with Crippen molar-refractivity contribution in [1.82, 2.24) is 20.1 Å². The number of methoxy groups -OCH3 is 1. The maximum absolute atomic E-state index is 14.4. The summed E-state index contributed by atoms with van der Waals surface area (Å²) < 4.78 is 31.7. The lowest BCUT2D eigenvalue weighted by Gasteiger charge is -2.35. The summed E-state index contributed by atoms with van der Waals surface area (Å²) in [6.45, 7) is 0.347. The number of nitrogens with one attached hydrogen (secondary N) is 1. The molecule has 4 fully saturated rings. The minimum atomic E-state index is -4.99. The smallest absolute Gasteiger partial charge is 0.363 e. The van der Waals surface area contributed by atoms with Gasteiger partial charge in [0.15, 0.2) is 0 Å². The summed E-state index contributed by atoms with van der Waals surface area (Å²) in [6, 6.07) is 8.29. The third-order valence-corrected chi connectivity index (χ3v) is 12.5. The molecule has 1 spiro atoms. The second-order valence-corrected chi connectivity index (χ2v) is 15.9. The van der Waals surface area contributed by atoms with Crippen LogP contribution in [0, 0.1) is 17.2 Å². The van der Waals surface area contributed by atoms with Gasteiger partial charge in [0, 0.05) is 29.4 Å². The molecule has 2 aromatic heterocycles. The van der Waals surface area contributed by atoms with E-state index in [4.69, 9.17) is 4.74 Å². The highest BCUT2D eigenvalue weighted by Crippen LogP contribution is 2.58. The zero-order valence-electron chi connectivity index (χ0n) is 26.1. The van der Waals surface area contributed by atoms with E-state index >= 15 is 0 Å². The Morgan fingerprint density at radius 2 is 1.98 bits per heavy atom. The van der Waals surface area contributed by atoms with Gasteiger partial charge < -0.3 is 29.6 Å². The lowest BCUT2D eigenvalue weighted by atomic mass is 9.85. The molecule has 48 heavy (non-hydrogen) atoms. The van der Waals surface area contributed by atoms with Crippen LogP contribution in [0.3, 0.4) is 0 Å². The zero-order chi connectivity index (χ0) is 34.0. The average molecular weight is 696 g/mol. The number of nitrogens with zero attached hydrogens (tertiary/aromatic N) is 4. The molecule has 3 N–H and O–H groups in total. The number of benzene rings is 1. The fourth-order valence-corrected chi connectivity index (χ4v) is 9.46. The van der Waals surface area contributed by atoms with E-state index in [2.05, 4.69) is 16.4 Å². The third kappa shape index (κ3) is 5.56. The number of aromatic nitrogens is 1. The minimum absolute atomic E-state index is 0.123. The molecule has 15 heteroatoms. The van der Waals surface area contributed by atoms with E-state index in [9.17, 15) is 38.4 Å². The van der Waals surface area contributed by atoms with E-state index in [1.807, 2.05) is 11.0 Å². The van der Waals surface area contributed by atoms with Crippen molar-refractivity contribution in [2.75, 3.05) is 13.7 Å². The summed E-state index contributed by atoms with van der Waals surface area (Å²) in [5.41, 5.74) is 0.0762. The van der Waals surface area contributed by atoms with Crippen LogP contribution in [0.15, 0.2) is 42.7 Å². The van der Waals surface area contributed by atoms with Crippen molar-refractivity contribution in [1.29, 1.82) is 5.26 Å². The Bertz CT molecular complexity index is 1890. The van der Waals surface area contributed by atoms with Crippen molar-refractivity contribution in [3.8, 4) is 11.8 Å². The molecule has 6 atom stereocenters. The van der Waals surface area contributed by atoms with Gasteiger partial charge in [0.1, 0.15) is 17.8 Å². The topological polar surface area (TPSA) is 173 Å². The normalized spacial score (nSPS) is 27.0. The maximum atomic E-state index is 14.4. The van der Waals surface area contributed by atoms with E-state index in [1.165, 1.54) is 24.3 Å². The van der Waals surface area contributed by atoms with E-state index in [0.29, 0.717) is 54.5 Å². The van der Waals surface area contributed by atoms with Crippen LogP contribution in [0.5, 0.6) is 5.75 Å². The molecular formula is C33H35FN5O7PS. The molecule has 5 heterocycles. The first-order valence-corrected chi connectivity index (χ1v) is 18.5. The maximum Gasteiger partial charge on any atom is 0.363 e. The molecule has 3 amide bonds. The summed E-state index contributed by atoms with van der Waals surface area (Å²) in [5.74, 6) is -3.50. The first kappa shape index (κ1) is 32.6. The molecular weight excluding hydrogens is 660 g/mol. The highest BCUT2D eigenvalue weighted by atomic mass is 32.1. The first-order valence-electron chi connectivity index (χ1n) is 16.0. The third-order valence-electron chi connectivity index (χ3n) is 10.5. The summed E-state index contributed by atoms with van der Waals surface area (Å²) >= 11 is 1.13. The summed E-state index contributed by atoms with van der Waals surface area (Å²) in [4.78, 5) is 68.5. The number of thiophene rings is 1. The van der Waals surface area contributed by atoms with Crippen LogP contribution in [0.1, 0.15) is 77.6 Å². The number of hydrogen-bond acceptors (Lipinski definition) is 8. The number of pyridine rings is 1. The van der Waals surface area contributed by atoms with Gasteiger partial charge in [-0.05, 0) is 85.7 Å². The Labute approximate surface area is 280 Å². The summed E-state index contributed by atoms with van der Waals surface area (Å²) in [6.07, 6.45) is 7.74. The highest BCUT2D eigenvalue weighted by molar-refractivity contribution is 7.51. The van der Waals surface area contributed by atoms with Crippen LogP contribution < -0.4 is 10.1 Å². The molecule has 12 nitrogen and oxygen atoms in total. The van der Waals surface area contributed by atoms with Gasteiger partial charge in [-0.1, -0.05) is 6.07 Å². The van der Waals surface area contributed by atoms with E-state index in [1.54, 1.807) is 24.4 Å². The van der Waals surface area contributed by atoms with Crippen molar-refractivity contribution in [2.45, 2.75) is 80.4 Å². The number of fused-ring (bicyclic) bond motifs is 2. The summed E-state index contributed by atoms with van der Waals surface area (Å²) in [7, 11) is -3.44. The molecule has 0 radical (unpaired) electrons. The van der Waals surface area contributed by atoms with Crippen molar-refractivity contribution in [3.05, 3.63) is 58.7 Å². The Morgan fingerprint density at radius 3 is 2.69 bits per heavy atom. The van der Waals surface area contributed by atoms with E-state index < -0.39 is 43.0 Å². The fraction of sp³-hybridized carbons (Fsp3) is 0.485. The number of halogens is 1. The largest absolute Gasteiger partial charge is 0.495 e. The van der Waals surface area contributed by atoms with Crippen LogP contribution in [-0.2, 0) is 14.2 Å². The molecule has 7 rings (SSSR count). The molecule has 4 aliphatic rings. The Morgan fingerprint density at radius 1 is 1.19 bits per heavy atom. The standard InChI is InChI=1S/C33H35FN5O7PS/c1-46-22-12-20(15-36-16-22)23-17-38(33(9-10-33)24(23)14-35)32(42)26-7-6-21-3-2-4-25(31(41)39(21)26)37-30(40)28-13-19-11-18(5-8-27(19)48-28)29(34)47(43,44)45/h5,8,11-13,15-16,21,23-26,29H,2-4,6-7,9-10,17H2,1H3,(H,37,40)(H2,43,44,45)/t21-,23-,24-,25-,26-,29+/m0/s1. The van der Waals surface area contributed by atoms with Crippen LogP contribution >= 0.6 is 18.9 Å². The van der Waals surface area contributed by atoms with Gasteiger partial charge in [0.25, 0.3) is 5.91 Å². The predicted octanol–water partition coefficient (Wildman–Crippen LogP) is 4.39. The van der Waals surface area contributed by atoms with Crippen molar-refractivity contribution < 1.29 is 37.9 Å². The lowest BCUT2D eigenvalue weighted by molar-refractivity contribution is -0.147. The molecule has 3 aromatic rings.